The van der Waals surface area contributed by atoms with Crippen molar-refractivity contribution in [1.29, 1.82) is 0 Å². The normalized spacial score (nSPS) is 10.2. The highest BCUT2D eigenvalue weighted by Gasteiger charge is 2.07. The summed E-state index contributed by atoms with van der Waals surface area (Å²) < 4.78 is 5.24. The van der Waals surface area contributed by atoms with Crippen LogP contribution in [0.15, 0.2) is 58.3 Å². The zero-order chi connectivity index (χ0) is 12.3. The lowest BCUT2D eigenvalue weighted by atomic mass is 10.1. The molecule has 0 aliphatic rings. The third-order valence-corrected chi connectivity index (χ3v) is 2.64. The maximum atomic E-state index is 11.3. The molecule has 3 heteroatoms. The van der Waals surface area contributed by atoms with Crippen molar-refractivity contribution in [2.24, 2.45) is 0 Å². The first-order valence-electron chi connectivity index (χ1n) is 5.20. The van der Waals surface area contributed by atoms with E-state index in [4.69, 9.17) is 16.0 Å². The van der Waals surface area contributed by atoms with Gasteiger partial charge in [0, 0.05) is 16.7 Å². The summed E-state index contributed by atoms with van der Waals surface area (Å²) in [6.45, 7) is 3.69. The van der Waals surface area contributed by atoms with E-state index in [9.17, 15) is 4.79 Å². The fourth-order valence-corrected chi connectivity index (χ4v) is 1.73. The molecular formula is C14H11ClO2. The van der Waals surface area contributed by atoms with Gasteiger partial charge in [0.15, 0.2) is 0 Å². The van der Waals surface area contributed by atoms with Crippen molar-refractivity contribution in [3.63, 3.8) is 0 Å². The Morgan fingerprint density at radius 3 is 2.53 bits per heavy atom. The van der Waals surface area contributed by atoms with Crippen LogP contribution >= 0.6 is 11.6 Å². The molecule has 0 aliphatic heterocycles. The smallest absolute Gasteiger partial charge is 0.336 e. The molecule has 0 unspecified atom stereocenters. The lowest BCUT2D eigenvalue weighted by Gasteiger charge is -2.05. The number of hydrogen-bond donors (Lipinski definition) is 0. The van der Waals surface area contributed by atoms with Crippen LogP contribution in [0.25, 0.3) is 11.3 Å². The van der Waals surface area contributed by atoms with Crippen molar-refractivity contribution in [1.82, 2.24) is 0 Å². The Kier molecular flexibility index (Phi) is 3.45. The van der Waals surface area contributed by atoms with Crippen LogP contribution in [0.4, 0.5) is 0 Å². The molecule has 86 valence electrons. The van der Waals surface area contributed by atoms with Crippen molar-refractivity contribution >= 4 is 11.6 Å². The Bertz CT molecular complexity index is 582. The van der Waals surface area contributed by atoms with Crippen LogP contribution in [0.2, 0.25) is 5.02 Å². The molecule has 0 atom stereocenters. The first kappa shape index (κ1) is 11.7. The molecule has 2 rings (SSSR count). The molecule has 0 fully saturated rings. The predicted octanol–water partition coefficient (Wildman–Crippen LogP) is 3.69. The van der Waals surface area contributed by atoms with Gasteiger partial charge in [-0.15, -0.1) is 6.58 Å². The van der Waals surface area contributed by atoms with Crippen molar-refractivity contribution in [2.75, 3.05) is 0 Å². The van der Waals surface area contributed by atoms with Crippen LogP contribution in [0.3, 0.4) is 0 Å². The fraction of sp³-hybridized carbons (Fsp3) is 0.0714. The summed E-state index contributed by atoms with van der Waals surface area (Å²) in [5.74, 6) is 0.578. The van der Waals surface area contributed by atoms with E-state index in [1.165, 1.54) is 6.07 Å². The maximum Gasteiger partial charge on any atom is 0.336 e. The molecular weight excluding hydrogens is 236 g/mol. The number of hydrogen-bond acceptors (Lipinski definition) is 2. The van der Waals surface area contributed by atoms with E-state index in [0.29, 0.717) is 17.2 Å². The van der Waals surface area contributed by atoms with Crippen LogP contribution < -0.4 is 5.63 Å². The van der Waals surface area contributed by atoms with Gasteiger partial charge >= 0.3 is 5.63 Å². The molecule has 0 spiro atoms. The SMILES string of the molecule is C=CCc1ccc(=O)oc1-c1ccc(Cl)cc1. The first-order valence-corrected chi connectivity index (χ1v) is 5.58. The molecule has 0 radical (unpaired) electrons. The summed E-state index contributed by atoms with van der Waals surface area (Å²) in [5.41, 5.74) is 1.41. The minimum absolute atomic E-state index is 0.359. The van der Waals surface area contributed by atoms with Gasteiger partial charge in [-0.3, -0.25) is 0 Å². The van der Waals surface area contributed by atoms with E-state index < -0.39 is 0 Å². The Hall–Kier alpha value is -1.80. The molecule has 17 heavy (non-hydrogen) atoms. The van der Waals surface area contributed by atoms with Crippen LogP contribution in [0, 0.1) is 0 Å². The van der Waals surface area contributed by atoms with Gasteiger partial charge in [0.05, 0.1) is 0 Å². The van der Waals surface area contributed by atoms with Gasteiger partial charge in [0.2, 0.25) is 0 Å². The van der Waals surface area contributed by atoms with Crippen LogP contribution in [-0.4, -0.2) is 0 Å². The van der Waals surface area contributed by atoms with Crippen LogP contribution in [0.5, 0.6) is 0 Å². The van der Waals surface area contributed by atoms with Gasteiger partial charge in [0.1, 0.15) is 5.76 Å². The molecule has 2 aromatic rings. The van der Waals surface area contributed by atoms with Gasteiger partial charge in [-0.05, 0) is 42.3 Å². The highest BCUT2D eigenvalue weighted by molar-refractivity contribution is 6.30. The third kappa shape index (κ3) is 2.66. The summed E-state index contributed by atoms with van der Waals surface area (Å²) in [6.07, 6.45) is 2.43. The highest BCUT2D eigenvalue weighted by atomic mass is 35.5. The summed E-state index contributed by atoms with van der Waals surface area (Å²) in [6, 6.07) is 10.4. The Morgan fingerprint density at radius 2 is 1.88 bits per heavy atom. The lowest BCUT2D eigenvalue weighted by molar-refractivity contribution is 0.521. The zero-order valence-electron chi connectivity index (χ0n) is 9.15. The third-order valence-electron chi connectivity index (χ3n) is 2.39. The molecule has 0 N–H and O–H groups in total. The van der Waals surface area contributed by atoms with E-state index in [1.807, 2.05) is 12.1 Å². The minimum Gasteiger partial charge on any atom is -0.422 e. The van der Waals surface area contributed by atoms with Gasteiger partial charge in [0.25, 0.3) is 0 Å². The van der Waals surface area contributed by atoms with Crippen LogP contribution in [-0.2, 0) is 6.42 Å². The molecule has 0 aliphatic carbocycles. The standard InChI is InChI=1S/C14H11ClO2/c1-2-3-10-6-9-13(16)17-14(10)11-4-7-12(15)8-5-11/h2,4-9H,1,3H2. The average molecular weight is 247 g/mol. The summed E-state index contributed by atoms with van der Waals surface area (Å²) in [5, 5.41) is 0.650. The molecule has 2 nitrogen and oxygen atoms in total. The van der Waals surface area contributed by atoms with Gasteiger partial charge < -0.3 is 4.42 Å². The van der Waals surface area contributed by atoms with Crippen molar-refractivity contribution < 1.29 is 4.42 Å². The number of benzene rings is 1. The van der Waals surface area contributed by atoms with E-state index in [2.05, 4.69) is 6.58 Å². The van der Waals surface area contributed by atoms with E-state index in [-0.39, 0.29) is 5.63 Å². The van der Waals surface area contributed by atoms with E-state index in [0.717, 1.165) is 11.1 Å². The second-order valence-corrected chi connectivity index (χ2v) is 4.04. The monoisotopic (exact) mass is 246 g/mol. The Labute approximate surface area is 104 Å². The van der Waals surface area contributed by atoms with Crippen molar-refractivity contribution in [3.05, 3.63) is 70.1 Å². The average Bonchev–Trinajstić information content (AvgIpc) is 2.33. The van der Waals surface area contributed by atoms with Gasteiger partial charge in [-0.2, -0.15) is 0 Å². The lowest BCUT2D eigenvalue weighted by Crippen LogP contribution is -2.00. The molecule has 0 bridgehead atoms. The molecule has 1 aromatic carbocycles. The quantitative estimate of drug-likeness (QED) is 0.774. The largest absolute Gasteiger partial charge is 0.422 e. The number of halogens is 1. The molecule has 0 amide bonds. The molecule has 0 saturated heterocycles. The molecule has 0 saturated carbocycles. The maximum absolute atomic E-state index is 11.3. The minimum atomic E-state index is -0.359. The summed E-state index contributed by atoms with van der Waals surface area (Å²) >= 11 is 5.82. The number of rotatable bonds is 3. The molecule has 1 heterocycles. The van der Waals surface area contributed by atoms with Crippen LogP contribution in [0.1, 0.15) is 5.56 Å². The summed E-state index contributed by atoms with van der Waals surface area (Å²) in [4.78, 5) is 11.3. The second-order valence-electron chi connectivity index (χ2n) is 3.61. The molecule has 1 aromatic heterocycles. The predicted molar refractivity (Wildman–Crippen MR) is 69.3 cm³/mol. The topological polar surface area (TPSA) is 30.2 Å². The Balaban J connectivity index is 2.56. The second kappa shape index (κ2) is 5.02. The first-order chi connectivity index (χ1) is 8.20. The zero-order valence-corrected chi connectivity index (χ0v) is 9.91. The number of allylic oxidation sites excluding steroid dienone is 1. The summed E-state index contributed by atoms with van der Waals surface area (Å²) in [7, 11) is 0. The van der Waals surface area contributed by atoms with Crippen molar-refractivity contribution in [2.45, 2.75) is 6.42 Å². The highest BCUT2D eigenvalue weighted by Crippen LogP contribution is 2.24. The van der Waals surface area contributed by atoms with E-state index >= 15 is 0 Å². The van der Waals surface area contributed by atoms with Gasteiger partial charge in [-0.1, -0.05) is 17.7 Å². The van der Waals surface area contributed by atoms with Crippen molar-refractivity contribution in [3.8, 4) is 11.3 Å². The van der Waals surface area contributed by atoms with E-state index in [1.54, 1.807) is 24.3 Å². The fourth-order valence-electron chi connectivity index (χ4n) is 1.61. The van der Waals surface area contributed by atoms with Gasteiger partial charge in [-0.25, -0.2) is 4.79 Å². The Morgan fingerprint density at radius 1 is 1.18 bits per heavy atom.